The maximum absolute atomic E-state index is 11.6. The van der Waals surface area contributed by atoms with Crippen LogP contribution in [0.15, 0.2) is 12.3 Å². The van der Waals surface area contributed by atoms with Crippen LogP contribution >= 0.6 is 0 Å². The molecule has 0 spiro atoms. The highest BCUT2D eigenvalue weighted by atomic mass is 16.4. The molecule has 90 valence electrons. The summed E-state index contributed by atoms with van der Waals surface area (Å²) in [5.41, 5.74) is 0.721. The van der Waals surface area contributed by atoms with E-state index in [1.807, 2.05) is 0 Å². The summed E-state index contributed by atoms with van der Waals surface area (Å²) in [4.78, 5) is 30.2. The number of hydrogen-bond donors (Lipinski definition) is 2. The smallest absolute Gasteiger partial charge is 0.307 e. The number of amides is 1. The summed E-state index contributed by atoms with van der Waals surface area (Å²) in [6.45, 7) is 2.08. The summed E-state index contributed by atoms with van der Waals surface area (Å²) in [7, 11) is 0. The van der Waals surface area contributed by atoms with Crippen molar-refractivity contribution in [3.8, 4) is 0 Å². The Hall–Kier alpha value is -1.98. The number of aryl methyl sites for hydroxylation is 1. The Labute approximate surface area is 98.1 Å². The van der Waals surface area contributed by atoms with Gasteiger partial charge in [-0.1, -0.05) is 0 Å². The fraction of sp³-hybridized carbons (Fsp3) is 0.455. The van der Waals surface area contributed by atoms with E-state index in [1.165, 1.54) is 0 Å². The van der Waals surface area contributed by atoms with Crippen molar-refractivity contribution in [1.82, 2.24) is 15.3 Å². The average molecular weight is 235 g/mol. The maximum atomic E-state index is 11.6. The number of rotatable bonds is 4. The van der Waals surface area contributed by atoms with Crippen molar-refractivity contribution in [2.24, 2.45) is 11.8 Å². The highest BCUT2D eigenvalue weighted by molar-refractivity contribution is 5.89. The Balaban J connectivity index is 1.83. The molecule has 2 N–H and O–H groups in total. The first-order chi connectivity index (χ1) is 8.08. The van der Waals surface area contributed by atoms with E-state index in [-0.39, 0.29) is 11.8 Å². The van der Waals surface area contributed by atoms with E-state index in [1.54, 1.807) is 19.2 Å². The van der Waals surface area contributed by atoms with Gasteiger partial charge in [0, 0.05) is 6.20 Å². The van der Waals surface area contributed by atoms with Crippen molar-refractivity contribution in [1.29, 1.82) is 0 Å². The van der Waals surface area contributed by atoms with E-state index < -0.39 is 11.9 Å². The zero-order chi connectivity index (χ0) is 12.4. The van der Waals surface area contributed by atoms with Crippen LogP contribution in [0.4, 0.5) is 0 Å². The number of carboxylic acids is 1. The molecule has 1 aliphatic carbocycles. The van der Waals surface area contributed by atoms with Gasteiger partial charge in [-0.25, -0.2) is 9.97 Å². The van der Waals surface area contributed by atoms with E-state index in [2.05, 4.69) is 15.3 Å². The highest BCUT2D eigenvalue weighted by Crippen LogP contribution is 2.38. The van der Waals surface area contributed by atoms with E-state index in [0.29, 0.717) is 18.8 Å². The molecule has 1 aliphatic rings. The fourth-order valence-electron chi connectivity index (χ4n) is 1.67. The lowest BCUT2D eigenvalue weighted by Crippen LogP contribution is -2.26. The average Bonchev–Trinajstić information content (AvgIpc) is 3.06. The van der Waals surface area contributed by atoms with Crippen LogP contribution in [-0.2, 0) is 16.1 Å². The second kappa shape index (κ2) is 4.48. The van der Waals surface area contributed by atoms with Crippen LogP contribution in [0, 0.1) is 18.8 Å². The van der Waals surface area contributed by atoms with Gasteiger partial charge < -0.3 is 10.4 Å². The summed E-state index contributed by atoms with van der Waals surface area (Å²) in [5.74, 6) is -1.36. The molecule has 17 heavy (non-hydrogen) atoms. The molecule has 1 aromatic heterocycles. The number of nitrogens with one attached hydrogen (secondary N) is 1. The van der Waals surface area contributed by atoms with Crippen LogP contribution in [0.25, 0.3) is 0 Å². The lowest BCUT2D eigenvalue weighted by atomic mass is 10.3. The first kappa shape index (κ1) is 11.5. The molecule has 0 radical (unpaired) electrons. The van der Waals surface area contributed by atoms with E-state index in [9.17, 15) is 9.59 Å². The minimum absolute atomic E-state index is 0.214. The number of nitrogens with zero attached hydrogens (tertiary/aromatic N) is 2. The number of carbonyl (C=O) groups is 2. The van der Waals surface area contributed by atoms with Gasteiger partial charge in [-0.05, 0) is 19.4 Å². The second-order valence-corrected chi connectivity index (χ2v) is 4.10. The zero-order valence-electron chi connectivity index (χ0n) is 9.38. The molecule has 1 fully saturated rings. The Morgan fingerprint density at radius 1 is 1.53 bits per heavy atom. The number of carbonyl (C=O) groups excluding carboxylic acids is 1. The second-order valence-electron chi connectivity index (χ2n) is 4.10. The maximum Gasteiger partial charge on any atom is 0.307 e. The molecular formula is C11H13N3O3. The van der Waals surface area contributed by atoms with E-state index >= 15 is 0 Å². The van der Waals surface area contributed by atoms with Gasteiger partial charge in [-0.2, -0.15) is 0 Å². The lowest BCUT2D eigenvalue weighted by molar-refractivity contribution is -0.140. The predicted molar refractivity (Wildman–Crippen MR) is 57.8 cm³/mol. The molecule has 1 saturated carbocycles. The van der Waals surface area contributed by atoms with Crippen molar-refractivity contribution in [2.75, 3.05) is 0 Å². The van der Waals surface area contributed by atoms with Gasteiger partial charge in [0.15, 0.2) is 0 Å². The third-order valence-corrected chi connectivity index (χ3v) is 2.72. The third kappa shape index (κ3) is 2.77. The summed E-state index contributed by atoms with van der Waals surface area (Å²) in [6.07, 6.45) is 2.06. The molecule has 2 atom stereocenters. The van der Waals surface area contributed by atoms with Crippen LogP contribution < -0.4 is 5.32 Å². The summed E-state index contributed by atoms with van der Waals surface area (Å²) < 4.78 is 0. The van der Waals surface area contributed by atoms with E-state index in [0.717, 1.165) is 5.69 Å². The van der Waals surface area contributed by atoms with Gasteiger partial charge in [-0.3, -0.25) is 9.59 Å². The van der Waals surface area contributed by atoms with Crippen LogP contribution in [0.3, 0.4) is 0 Å². The number of aliphatic carboxylic acids is 1. The molecule has 6 nitrogen and oxygen atoms in total. The van der Waals surface area contributed by atoms with Crippen molar-refractivity contribution in [3.05, 3.63) is 23.8 Å². The lowest BCUT2D eigenvalue weighted by Gasteiger charge is -2.04. The number of carboxylic acid groups (broad SMARTS) is 1. The summed E-state index contributed by atoms with van der Waals surface area (Å²) >= 11 is 0. The Morgan fingerprint density at radius 3 is 2.88 bits per heavy atom. The van der Waals surface area contributed by atoms with E-state index in [4.69, 9.17) is 5.11 Å². The molecule has 0 aliphatic heterocycles. The van der Waals surface area contributed by atoms with Gasteiger partial charge in [0.2, 0.25) is 5.91 Å². The van der Waals surface area contributed by atoms with Crippen molar-refractivity contribution in [2.45, 2.75) is 19.9 Å². The topological polar surface area (TPSA) is 92.2 Å². The minimum Gasteiger partial charge on any atom is -0.481 e. The van der Waals surface area contributed by atoms with Gasteiger partial charge in [0.25, 0.3) is 0 Å². The monoisotopic (exact) mass is 235 g/mol. The number of aromatic nitrogens is 2. The molecule has 2 rings (SSSR count). The van der Waals surface area contributed by atoms with Crippen LogP contribution in [0.1, 0.15) is 17.9 Å². The Kier molecular flexibility index (Phi) is 3.03. The molecule has 1 heterocycles. The van der Waals surface area contributed by atoms with Crippen molar-refractivity contribution >= 4 is 11.9 Å². The first-order valence-corrected chi connectivity index (χ1v) is 5.37. The van der Waals surface area contributed by atoms with Gasteiger partial charge in [0.1, 0.15) is 5.82 Å². The molecular weight excluding hydrogens is 222 g/mol. The molecule has 0 aromatic carbocycles. The Bertz CT molecular complexity index is 461. The summed E-state index contributed by atoms with van der Waals surface area (Å²) in [6, 6.07) is 1.72. The fourth-order valence-corrected chi connectivity index (χ4v) is 1.67. The van der Waals surface area contributed by atoms with Crippen molar-refractivity contribution < 1.29 is 14.7 Å². The summed E-state index contributed by atoms with van der Waals surface area (Å²) in [5, 5.41) is 11.4. The largest absolute Gasteiger partial charge is 0.481 e. The highest BCUT2D eigenvalue weighted by Gasteiger charge is 2.48. The van der Waals surface area contributed by atoms with Crippen LogP contribution in [-0.4, -0.2) is 27.0 Å². The van der Waals surface area contributed by atoms with Crippen LogP contribution in [0.2, 0.25) is 0 Å². The SMILES string of the molecule is Cc1nccc(CNC(=O)C2CC2C(=O)O)n1. The zero-order valence-corrected chi connectivity index (χ0v) is 9.38. The molecule has 0 bridgehead atoms. The standard InChI is InChI=1S/C11H13N3O3/c1-6-12-3-2-7(14-6)5-13-10(15)8-4-9(8)11(16)17/h2-3,8-9H,4-5H2,1H3,(H,13,15)(H,16,17). The molecule has 0 saturated heterocycles. The molecule has 1 amide bonds. The number of hydrogen-bond acceptors (Lipinski definition) is 4. The Morgan fingerprint density at radius 2 is 2.29 bits per heavy atom. The van der Waals surface area contributed by atoms with Crippen molar-refractivity contribution in [3.63, 3.8) is 0 Å². The van der Waals surface area contributed by atoms with Gasteiger partial charge in [-0.15, -0.1) is 0 Å². The quantitative estimate of drug-likeness (QED) is 0.773. The molecule has 1 aromatic rings. The minimum atomic E-state index is -0.900. The first-order valence-electron chi connectivity index (χ1n) is 5.37. The van der Waals surface area contributed by atoms with Gasteiger partial charge >= 0.3 is 5.97 Å². The van der Waals surface area contributed by atoms with Gasteiger partial charge in [0.05, 0.1) is 24.1 Å². The molecule has 2 unspecified atom stereocenters. The molecule has 6 heteroatoms. The van der Waals surface area contributed by atoms with Crippen LogP contribution in [0.5, 0.6) is 0 Å². The predicted octanol–water partition coefficient (Wildman–Crippen LogP) is 0.122. The third-order valence-electron chi connectivity index (χ3n) is 2.72. The normalized spacial score (nSPS) is 21.9.